The van der Waals surface area contributed by atoms with E-state index in [1.807, 2.05) is 27.7 Å². The van der Waals surface area contributed by atoms with Gasteiger partial charge in [-0.2, -0.15) is 0 Å². The van der Waals surface area contributed by atoms with E-state index < -0.39 is 0 Å². The Morgan fingerprint density at radius 2 is 1.10 bits per heavy atom. The van der Waals surface area contributed by atoms with Crippen LogP contribution >= 0.6 is 0 Å². The van der Waals surface area contributed by atoms with Gasteiger partial charge in [0, 0.05) is 0 Å². The van der Waals surface area contributed by atoms with E-state index in [0.717, 1.165) is 0 Å². The molecular weight excluding hydrogens is 128 g/mol. The summed E-state index contributed by atoms with van der Waals surface area (Å²) in [5, 5.41) is 0. The maximum atomic E-state index is 4.85. The summed E-state index contributed by atoms with van der Waals surface area (Å²) in [6.07, 6.45) is 0. The zero-order chi connectivity index (χ0) is 7.98. The van der Waals surface area contributed by atoms with Crippen molar-refractivity contribution in [3.05, 3.63) is 11.8 Å². The van der Waals surface area contributed by atoms with Gasteiger partial charge in [0.1, 0.15) is 0 Å². The molecule has 10 heavy (non-hydrogen) atoms. The minimum atomic E-state index is 0.591. The van der Waals surface area contributed by atoms with Crippen LogP contribution in [0.1, 0.15) is 27.7 Å². The molecule has 0 aromatic heterocycles. The molecule has 0 N–H and O–H groups in total. The molecule has 0 aromatic rings. The maximum Gasteiger partial charge on any atom is 0.0879 e. The van der Waals surface area contributed by atoms with Crippen LogP contribution in [0.15, 0.2) is 0 Å². The Morgan fingerprint density at radius 1 is 0.800 bits per heavy atom. The Bertz CT molecular complexity index is 59.7. The summed E-state index contributed by atoms with van der Waals surface area (Å²) in [7, 11) is 0. The summed E-state index contributed by atoms with van der Waals surface area (Å²) < 4.78 is 0. The number of hydrogen-bond acceptors (Lipinski definition) is 2. The van der Waals surface area contributed by atoms with Crippen LogP contribution in [0, 0.1) is 11.8 Å². The highest BCUT2D eigenvalue weighted by Crippen LogP contribution is 1.99. The van der Waals surface area contributed by atoms with E-state index in [0.29, 0.717) is 13.2 Å². The predicted octanol–water partition coefficient (Wildman–Crippen LogP) is 2.16. The first kappa shape index (κ1) is 9.92. The fourth-order valence-corrected chi connectivity index (χ4v) is 0.319. The SMILES string of the molecule is C[C](C)COOC[C](C)C. The van der Waals surface area contributed by atoms with E-state index in [2.05, 4.69) is 0 Å². The molecule has 0 amide bonds. The molecule has 0 saturated heterocycles. The van der Waals surface area contributed by atoms with Gasteiger partial charge in [0.15, 0.2) is 0 Å². The second-order valence-electron chi connectivity index (χ2n) is 2.94. The zero-order valence-corrected chi connectivity index (χ0v) is 7.23. The van der Waals surface area contributed by atoms with Crippen molar-refractivity contribution in [2.45, 2.75) is 27.7 Å². The van der Waals surface area contributed by atoms with Crippen molar-refractivity contribution in [1.82, 2.24) is 0 Å². The molecule has 0 aliphatic heterocycles. The second-order valence-corrected chi connectivity index (χ2v) is 2.94. The van der Waals surface area contributed by atoms with Gasteiger partial charge < -0.3 is 0 Å². The highest BCUT2D eigenvalue weighted by Gasteiger charge is 1.96. The summed E-state index contributed by atoms with van der Waals surface area (Å²) in [5.41, 5.74) is 0. The molecule has 0 rings (SSSR count). The largest absolute Gasteiger partial charge is 0.236 e. The Labute approximate surface area is 63.5 Å². The Morgan fingerprint density at radius 3 is 1.30 bits per heavy atom. The van der Waals surface area contributed by atoms with Crippen molar-refractivity contribution in [3.63, 3.8) is 0 Å². The van der Waals surface area contributed by atoms with Crippen molar-refractivity contribution >= 4 is 0 Å². The average molecular weight is 144 g/mol. The van der Waals surface area contributed by atoms with Crippen LogP contribution in [0.25, 0.3) is 0 Å². The zero-order valence-electron chi connectivity index (χ0n) is 7.23. The Balaban J connectivity index is 2.91. The quantitative estimate of drug-likeness (QED) is 0.334. The average Bonchev–Trinajstić information content (AvgIpc) is 1.79. The predicted molar refractivity (Wildman–Crippen MR) is 41.1 cm³/mol. The van der Waals surface area contributed by atoms with Crippen molar-refractivity contribution in [2.75, 3.05) is 13.2 Å². The molecule has 2 nitrogen and oxygen atoms in total. The van der Waals surface area contributed by atoms with E-state index in [4.69, 9.17) is 9.78 Å². The molecule has 0 aliphatic rings. The van der Waals surface area contributed by atoms with Crippen molar-refractivity contribution < 1.29 is 9.78 Å². The van der Waals surface area contributed by atoms with Crippen LogP contribution in [0.4, 0.5) is 0 Å². The summed E-state index contributed by atoms with van der Waals surface area (Å²) in [6, 6.07) is 0. The molecule has 0 spiro atoms. The van der Waals surface area contributed by atoms with E-state index in [9.17, 15) is 0 Å². The Kier molecular flexibility index (Phi) is 5.64. The minimum Gasteiger partial charge on any atom is -0.236 e. The van der Waals surface area contributed by atoms with Gasteiger partial charge in [-0.25, -0.2) is 9.78 Å². The fourth-order valence-electron chi connectivity index (χ4n) is 0.319. The first-order valence-corrected chi connectivity index (χ1v) is 3.45. The lowest BCUT2D eigenvalue weighted by Gasteiger charge is -2.06. The first-order chi connectivity index (χ1) is 4.63. The molecular formula is C8H16O2. The van der Waals surface area contributed by atoms with E-state index in [-0.39, 0.29) is 0 Å². The smallest absolute Gasteiger partial charge is 0.0879 e. The third-order valence-corrected chi connectivity index (χ3v) is 0.779. The van der Waals surface area contributed by atoms with Crippen molar-refractivity contribution in [1.29, 1.82) is 0 Å². The van der Waals surface area contributed by atoms with E-state index in [1.54, 1.807) is 0 Å². The van der Waals surface area contributed by atoms with Crippen LogP contribution < -0.4 is 0 Å². The molecule has 0 aromatic carbocycles. The minimum absolute atomic E-state index is 0.591. The van der Waals surface area contributed by atoms with Crippen LogP contribution in [-0.4, -0.2) is 13.2 Å². The van der Waals surface area contributed by atoms with Gasteiger partial charge in [0.25, 0.3) is 0 Å². The van der Waals surface area contributed by atoms with E-state index in [1.165, 1.54) is 11.8 Å². The lowest BCUT2D eigenvalue weighted by molar-refractivity contribution is -0.287. The molecule has 0 heterocycles. The molecule has 0 atom stereocenters. The van der Waals surface area contributed by atoms with Gasteiger partial charge in [-0.05, 0) is 11.8 Å². The van der Waals surface area contributed by atoms with Crippen LogP contribution in [-0.2, 0) is 9.78 Å². The number of rotatable bonds is 5. The van der Waals surface area contributed by atoms with Gasteiger partial charge in [-0.1, -0.05) is 27.7 Å². The van der Waals surface area contributed by atoms with Crippen molar-refractivity contribution in [2.24, 2.45) is 0 Å². The lowest BCUT2D eigenvalue weighted by Crippen LogP contribution is -2.05. The van der Waals surface area contributed by atoms with Gasteiger partial charge in [-0.3, -0.25) is 0 Å². The van der Waals surface area contributed by atoms with Gasteiger partial charge in [-0.15, -0.1) is 0 Å². The molecule has 60 valence electrons. The summed E-state index contributed by atoms with van der Waals surface area (Å²) in [6.45, 7) is 9.20. The third-order valence-electron chi connectivity index (χ3n) is 0.779. The van der Waals surface area contributed by atoms with Gasteiger partial charge in [0.05, 0.1) is 13.2 Å². The fraction of sp³-hybridized carbons (Fsp3) is 0.750. The standard InChI is InChI=1S/C8H16O2/c1-7(2)5-9-10-6-8(3)4/h5-6H2,1-4H3. The maximum absolute atomic E-state index is 4.85. The molecule has 0 bridgehead atoms. The highest BCUT2D eigenvalue weighted by molar-refractivity contribution is 4.76. The van der Waals surface area contributed by atoms with E-state index >= 15 is 0 Å². The van der Waals surface area contributed by atoms with Crippen LogP contribution in [0.3, 0.4) is 0 Å². The lowest BCUT2D eigenvalue weighted by atomic mass is 10.2. The van der Waals surface area contributed by atoms with Gasteiger partial charge >= 0.3 is 0 Å². The summed E-state index contributed by atoms with van der Waals surface area (Å²) in [5.74, 6) is 2.43. The monoisotopic (exact) mass is 144 g/mol. The molecule has 0 fully saturated rings. The topological polar surface area (TPSA) is 18.5 Å². The molecule has 0 saturated carbocycles. The Hall–Kier alpha value is -0.0800. The van der Waals surface area contributed by atoms with Crippen molar-refractivity contribution in [3.8, 4) is 0 Å². The highest BCUT2D eigenvalue weighted by atomic mass is 17.2. The third kappa shape index (κ3) is 7.92. The van der Waals surface area contributed by atoms with Crippen LogP contribution in [0.5, 0.6) is 0 Å². The summed E-state index contributed by atoms with van der Waals surface area (Å²) in [4.78, 5) is 9.70. The molecule has 2 radical (unpaired) electrons. The first-order valence-electron chi connectivity index (χ1n) is 3.45. The molecule has 0 unspecified atom stereocenters. The molecule has 0 aliphatic carbocycles. The molecule has 2 heteroatoms. The summed E-state index contributed by atoms with van der Waals surface area (Å²) >= 11 is 0. The van der Waals surface area contributed by atoms with Crippen LogP contribution in [0.2, 0.25) is 0 Å². The second kappa shape index (κ2) is 5.69. The normalized spacial score (nSPS) is 11.4. The number of hydrogen-bond donors (Lipinski definition) is 0. The van der Waals surface area contributed by atoms with Gasteiger partial charge in [0.2, 0.25) is 0 Å².